The zero-order valence-electron chi connectivity index (χ0n) is 13.9. The van der Waals surface area contributed by atoms with E-state index in [1.807, 2.05) is 30.0 Å². The minimum atomic E-state index is -0.0966. The number of hydrogen-bond acceptors (Lipinski definition) is 2. The standard InChI is InChI=1S/C18H27N3O2/c1-2-12-19-18(23)20-16-10-13-21(14-11-16)17(22)9-8-15-6-4-3-5-7-15/h3-7,16H,2,8-14H2,1H3,(H2,19,20,23). The van der Waals surface area contributed by atoms with Gasteiger partial charge in [0.1, 0.15) is 0 Å². The molecule has 5 nitrogen and oxygen atoms in total. The summed E-state index contributed by atoms with van der Waals surface area (Å²) in [5.41, 5.74) is 1.20. The molecule has 1 saturated heterocycles. The molecule has 1 aromatic carbocycles. The van der Waals surface area contributed by atoms with Crippen molar-refractivity contribution in [2.45, 2.75) is 45.1 Å². The first-order valence-electron chi connectivity index (χ1n) is 8.55. The van der Waals surface area contributed by atoms with Crippen molar-refractivity contribution in [2.24, 2.45) is 0 Å². The van der Waals surface area contributed by atoms with E-state index in [2.05, 4.69) is 22.8 Å². The van der Waals surface area contributed by atoms with Crippen molar-refractivity contribution in [3.63, 3.8) is 0 Å². The van der Waals surface area contributed by atoms with Crippen LogP contribution >= 0.6 is 0 Å². The predicted octanol–water partition coefficient (Wildman–Crippen LogP) is 2.32. The number of carbonyl (C=O) groups is 2. The van der Waals surface area contributed by atoms with E-state index in [0.717, 1.165) is 38.8 Å². The maximum Gasteiger partial charge on any atom is 0.315 e. The zero-order chi connectivity index (χ0) is 16.5. The van der Waals surface area contributed by atoms with E-state index in [4.69, 9.17) is 0 Å². The fourth-order valence-electron chi connectivity index (χ4n) is 2.80. The molecule has 1 heterocycles. The van der Waals surface area contributed by atoms with Crippen LogP contribution in [0, 0.1) is 0 Å². The Morgan fingerprint density at radius 2 is 1.87 bits per heavy atom. The fraction of sp³-hybridized carbons (Fsp3) is 0.556. The SMILES string of the molecule is CCCNC(=O)NC1CCN(C(=O)CCc2ccccc2)CC1. The van der Waals surface area contributed by atoms with Crippen molar-refractivity contribution in [3.05, 3.63) is 35.9 Å². The van der Waals surface area contributed by atoms with Crippen molar-refractivity contribution in [1.82, 2.24) is 15.5 Å². The summed E-state index contributed by atoms with van der Waals surface area (Å²) >= 11 is 0. The van der Waals surface area contributed by atoms with Crippen molar-refractivity contribution in [3.8, 4) is 0 Å². The van der Waals surface area contributed by atoms with E-state index >= 15 is 0 Å². The molecule has 0 aliphatic carbocycles. The first-order chi connectivity index (χ1) is 11.2. The minimum absolute atomic E-state index is 0.0966. The lowest BCUT2D eigenvalue weighted by Crippen LogP contribution is -2.49. The number of hydrogen-bond donors (Lipinski definition) is 2. The van der Waals surface area contributed by atoms with E-state index in [0.29, 0.717) is 13.0 Å². The third-order valence-corrected chi connectivity index (χ3v) is 4.19. The number of urea groups is 1. The predicted molar refractivity (Wildman–Crippen MR) is 91.2 cm³/mol. The lowest BCUT2D eigenvalue weighted by Gasteiger charge is -2.32. The van der Waals surface area contributed by atoms with Gasteiger partial charge in [-0.1, -0.05) is 37.3 Å². The molecule has 2 N–H and O–H groups in total. The third-order valence-electron chi connectivity index (χ3n) is 4.19. The van der Waals surface area contributed by atoms with Gasteiger partial charge in [0, 0.05) is 32.1 Å². The average Bonchev–Trinajstić information content (AvgIpc) is 2.59. The molecular weight excluding hydrogens is 290 g/mol. The zero-order valence-corrected chi connectivity index (χ0v) is 13.9. The van der Waals surface area contributed by atoms with Crippen LogP contribution in [0.5, 0.6) is 0 Å². The van der Waals surface area contributed by atoms with Gasteiger partial charge < -0.3 is 15.5 Å². The van der Waals surface area contributed by atoms with Gasteiger partial charge in [0.25, 0.3) is 0 Å². The van der Waals surface area contributed by atoms with Crippen molar-refractivity contribution >= 4 is 11.9 Å². The van der Waals surface area contributed by atoms with Crippen LogP contribution in [0.1, 0.15) is 38.2 Å². The number of benzene rings is 1. The normalized spacial score (nSPS) is 15.3. The second-order valence-electron chi connectivity index (χ2n) is 6.04. The van der Waals surface area contributed by atoms with Crippen LogP contribution in [0.15, 0.2) is 30.3 Å². The maximum absolute atomic E-state index is 12.3. The summed E-state index contributed by atoms with van der Waals surface area (Å²) in [5.74, 6) is 0.211. The van der Waals surface area contributed by atoms with Crippen LogP contribution in [0.25, 0.3) is 0 Å². The van der Waals surface area contributed by atoms with Crippen molar-refractivity contribution < 1.29 is 9.59 Å². The second kappa shape index (κ2) is 9.18. The molecule has 0 unspecified atom stereocenters. The van der Waals surface area contributed by atoms with Gasteiger partial charge in [0.2, 0.25) is 5.91 Å². The van der Waals surface area contributed by atoms with Crippen LogP contribution in [-0.2, 0) is 11.2 Å². The summed E-state index contributed by atoms with van der Waals surface area (Å²) < 4.78 is 0. The smallest absolute Gasteiger partial charge is 0.315 e. The third kappa shape index (κ3) is 5.93. The quantitative estimate of drug-likeness (QED) is 0.846. The number of carbonyl (C=O) groups excluding carboxylic acids is 2. The Labute approximate surface area is 138 Å². The monoisotopic (exact) mass is 317 g/mol. The van der Waals surface area contributed by atoms with Crippen LogP contribution in [0.3, 0.4) is 0 Å². The molecular formula is C18H27N3O2. The van der Waals surface area contributed by atoms with E-state index < -0.39 is 0 Å². The highest BCUT2D eigenvalue weighted by atomic mass is 16.2. The van der Waals surface area contributed by atoms with Gasteiger partial charge in [-0.3, -0.25) is 4.79 Å². The van der Waals surface area contributed by atoms with E-state index in [1.54, 1.807) is 0 Å². The van der Waals surface area contributed by atoms with Gasteiger partial charge in [-0.05, 0) is 31.2 Å². The molecule has 5 heteroatoms. The van der Waals surface area contributed by atoms with Crippen LogP contribution in [0.4, 0.5) is 4.79 Å². The Balaban J connectivity index is 1.67. The number of likely N-dealkylation sites (tertiary alicyclic amines) is 1. The first kappa shape index (κ1) is 17.3. The average molecular weight is 317 g/mol. The molecule has 2 rings (SSSR count). The van der Waals surface area contributed by atoms with Gasteiger partial charge in [-0.15, -0.1) is 0 Å². The van der Waals surface area contributed by atoms with E-state index in [9.17, 15) is 9.59 Å². The lowest BCUT2D eigenvalue weighted by molar-refractivity contribution is -0.132. The highest BCUT2D eigenvalue weighted by Gasteiger charge is 2.23. The Morgan fingerprint density at radius 3 is 2.52 bits per heavy atom. The molecule has 0 atom stereocenters. The molecule has 3 amide bonds. The summed E-state index contributed by atoms with van der Waals surface area (Å²) in [6.07, 6.45) is 3.94. The van der Waals surface area contributed by atoms with Crippen molar-refractivity contribution in [2.75, 3.05) is 19.6 Å². The largest absolute Gasteiger partial charge is 0.343 e. The van der Waals surface area contributed by atoms with Crippen LogP contribution in [0.2, 0.25) is 0 Å². The molecule has 1 aliphatic heterocycles. The molecule has 126 valence electrons. The maximum atomic E-state index is 12.3. The summed E-state index contributed by atoms with van der Waals surface area (Å²) in [7, 11) is 0. The Kier molecular flexibility index (Phi) is 6.91. The van der Waals surface area contributed by atoms with Gasteiger partial charge in [-0.2, -0.15) is 0 Å². The van der Waals surface area contributed by atoms with Gasteiger partial charge in [0.15, 0.2) is 0 Å². The second-order valence-corrected chi connectivity index (χ2v) is 6.04. The summed E-state index contributed by atoms with van der Waals surface area (Å²) in [6, 6.07) is 10.2. The topological polar surface area (TPSA) is 61.4 Å². The molecule has 0 bridgehead atoms. The molecule has 0 saturated carbocycles. The van der Waals surface area contributed by atoms with Gasteiger partial charge in [0.05, 0.1) is 0 Å². The minimum Gasteiger partial charge on any atom is -0.343 e. The summed E-state index contributed by atoms with van der Waals surface area (Å²) in [6.45, 7) is 4.18. The van der Waals surface area contributed by atoms with Crippen LogP contribution < -0.4 is 10.6 Å². The van der Waals surface area contributed by atoms with Crippen LogP contribution in [-0.4, -0.2) is 42.5 Å². The first-order valence-corrected chi connectivity index (χ1v) is 8.55. The Bertz CT molecular complexity index is 496. The molecule has 0 aromatic heterocycles. The van der Waals surface area contributed by atoms with Gasteiger partial charge in [-0.25, -0.2) is 4.79 Å². The number of nitrogens with zero attached hydrogens (tertiary/aromatic N) is 1. The molecule has 0 radical (unpaired) electrons. The highest BCUT2D eigenvalue weighted by Crippen LogP contribution is 2.13. The number of amides is 3. The van der Waals surface area contributed by atoms with E-state index in [-0.39, 0.29) is 18.0 Å². The molecule has 1 aliphatic rings. The molecule has 0 spiro atoms. The number of aryl methyl sites for hydroxylation is 1. The molecule has 1 fully saturated rings. The lowest BCUT2D eigenvalue weighted by atomic mass is 10.0. The number of piperidine rings is 1. The summed E-state index contributed by atoms with van der Waals surface area (Å²) in [5, 5.41) is 5.80. The van der Waals surface area contributed by atoms with Crippen molar-refractivity contribution in [1.29, 1.82) is 0 Å². The fourth-order valence-corrected chi connectivity index (χ4v) is 2.80. The number of nitrogens with one attached hydrogen (secondary N) is 2. The molecule has 23 heavy (non-hydrogen) atoms. The van der Waals surface area contributed by atoms with E-state index in [1.165, 1.54) is 5.56 Å². The Hall–Kier alpha value is -2.04. The Morgan fingerprint density at radius 1 is 1.17 bits per heavy atom. The molecule has 1 aromatic rings. The summed E-state index contributed by atoms with van der Waals surface area (Å²) in [4.78, 5) is 25.8. The highest BCUT2D eigenvalue weighted by molar-refractivity contribution is 5.77. The van der Waals surface area contributed by atoms with Gasteiger partial charge >= 0.3 is 6.03 Å². The number of rotatable bonds is 6.